The van der Waals surface area contributed by atoms with Crippen molar-refractivity contribution in [1.82, 2.24) is 4.90 Å². The molecule has 2 heterocycles. The molecular weight excluding hydrogens is 320 g/mol. The van der Waals surface area contributed by atoms with E-state index in [0.29, 0.717) is 26.2 Å². The van der Waals surface area contributed by atoms with E-state index in [1.165, 1.54) is 0 Å². The fourth-order valence-corrected chi connectivity index (χ4v) is 4.14. The second-order valence-corrected chi connectivity index (χ2v) is 8.43. The summed E-state index contributed by atoms with van der Waals surface area (Å²) in [6.07, 6.45) is -0.533. The van der Waals surface area contributed by atoms with Gasteiger partial charge in [0.05, 0.1) is 24.0 Å². The van der Waals surface area contributed by atoms with Gasteiger partial charge in [0.15, 0.2) is 0 Å². The van der Waals surface area contributed by atoms with Gasteiger partial charge in [0.25, 0.3) is 6.09 Å². The highest BCUT2D eigenvalue weighted by Crippen LogP contribution is 2.48. The maximum atomic E-state index is 12.3. The Bertz CT molecular complexity index is 660. The van der Waals surface area contributed by atoms with Crippen LogP contribution in [0.25, 0.3) is 0 Å². The number of ether oxygens (including phenoxy) is 1. The molecule has 0 atom stereocenters. The number of carboxylic acid groups (broad SMARTS) is 1. The molecule has 2 amide bonds. The molecule has 0 aliphatic carbocycles. The normalized spacial score (nSPS) is 28.7. The Hall–Kier alpha value is -2.08. The Morgan fingerprint density at radius 2 is 1.88 bits per heavy atom. The van der Waals surface area contributed by atoms with Crippen molar-refractivity contribution in [3.63, 3.8) is 0 Å². The van der Waals surface area contributed by atoms with Crippen LogP contribution < -0.4 is 5.11 Å². The Morgan fingerprint density at radius 1 is 1.24 bits per heavy atom. The quantitative estimate of drug-likeness (QED) is 0.768. The predicted molar refractivity (Wildman–Crippen MR) is 90.4 cm³/mol. The van der Waals surface area contributed by atoms with Crippen molar-refractivity contribution in [2.75, 3.05) is 26.2 Å². The number of benzene rings is 1. The highest BCUT2D eigenvalue weighted by molar-refractivity contribution is 5.68. The largest absolute Gasteiger partial charge is 0.498 e. The summed E-state index contributed by atoms with van der Waals surface area (Å²) in [5.74, 6) is 0. The molecule has 2 aliphatic rings. The van der Waals surface area contributed by atoms with Crippen LogP contribution in [-0.2, 0) is 11.3 Å². The molecule has 1 spiro atoms. The molecule has 25 heavy (non-hydrogen) atoms. The summed E-state index contributed by atoms with van der Waals surface area (Å²) in [6.45, 7) is 8.24. The molecule has 0 saturated carbocycles. The van der Waals surface area contributed by atoms with Crippen LogP contribution in [0.1, 0.15) is 32.8 Å². The Labute approximate surface area is 148 Å². The van der Waals surface area contributed by atoms with Gasteiger partial charge in [0.2, 0.25) is 0 Å². The molecule has 6 nitrogen and oxygen atoms in total. The van der Waals surface area contributed by atoms with Gasteiger partial charge in [-0.2, -0.15) is 0 Å². The van der Waals surface area contributed by atoms with Gasteiger partial charge in [-0.05, 0) is 32.8 Å². The van der Waals surface area contributed by atoms with Crippen LogP contribution in [-0.4, -0.2) is 53.3 Å². The lowest BCUT2D eigenvalue weighted by Crippen LogP contribution is -2.81. The van der Waals surface area contributed by atoms with E-state index in [2.05, 4.69) is 0 Å². The number of rotatable bonds is 2. The number of likely N-dealkylation sites (tertiary alicyclic amines) is 2. The van der Waals surface area contributed by atoms with E-state index in [4.69, 9.17) is 4.74 Å². The molecule has 0 bridgehead atoms. The monoisotopic (exact) mass is 346 g/mol. The second-order valence-electron chi connectivity index (χ2n) is 8.43. The maximum absolute atomic E-state index is 12.3. The first kappa shape index (κ1) is 17.7. The van der Waals surface area contributed by atoms with Crippen LogP contribution in [0, 0.1) is 5.41 Å². The molecule has 2 aliphatic heterocycles. The van der Waals surface area contributed by atoms with Gasteiger partial charge in [-0.25, -0.2) is 4.79 Å². The van der Waals surface area contributed by atoms with Crippen molar-refractivity contribution >= 4 is 12.2 Å². The van der Waals surface area contributed by atoms with Crippen molar-refractivity contribution in [3.05, 3.63) is 35.9 Å². The van der Waals surface area contributed by atoms with Crippen LogP contribution in [0.15, 0.2) is 30.3 Å². The van der Waals surface area contributed by atoms with E-state index in [9.17, 15) is 14.7 Å². The van der Waals surface area contributed by atoms with Crippen LogP contribution in [0.3, 0.4) is 0 Å². The molecule has 1 aromatic rings. The van der Waals surface area contributed by atoms with Crippen molar-refractivity contribution in [1.29, 1.82) is 0 Å². The summed E-state index contributed by atoms with van der Waals surface area (Å²) >= 11 is 0. The third kappa shape index (κ3) is 3.11. The molecule has 136 valence electrons. The van der Waals surface area contributed by atoms with E-state index in [1.54, 1.807) is 4.90 Å². The lowest BCUT2D eigenvalue weighted by Gasteiger charge is -2.61. The van der Waals surface area contributed by atoms with Crippen molar-refractivity contribution in [2.45, 2.75) is 39.3 Å². The minimum Gasteiger partial charge on any atom is -0.498 e. The zero-order chi connectivity index (χ0) is 18.3. The van der Waals surface area contributed by atoms with Crippen LogP contribution >= 0.6 is 0 Å². The molecule has 0 aromatic heterocycles. The number of quaternary nitrogens is 1. The lowest BCUT2D eigenvalue weighted by atomic mass is 9.73. The lowest BCUT2D eigenvalue weighted by molar-refractivity contribution is -0.972. The molecule has 0 N–H and O–H groups in total. The van der Waals surface area contributed by atoms with E-state index in [1.807, 2.05) is 51.1 Å². The van der Waals surface area contributed by atoms with Gasteiger partial charge in [-0.3, -0.25) is 4.48 Å². The summed E-state index contributed by atoms with van der Waals surface area (Å²) < 4.78 is 5.35. The van der Waals surface area contributed by atoms with Crippen molar-refractivity contribution in [3.8, 4) is 0 Å². The molecular formula is C19H26N2O4. The number of carbonyl (C=O) groups is 2. The van der Waals surface area contributed by atoms with Gasteiger partial charge in [0.1, 0.15) is 6.61 Å². The molecule has 6 heteroatoms. The molecule has 2 saturated heterocycles. The Balaban J connectivity index is 1.57. The summed E-state index contributed by atoms with van der Waals surface area (Å²) in [7, 11) is 0. The zero-order valence-corrected chi connectivity index (χ0v) is 15.2. The number of nitrogens with zero attached hydrogens (tertiary/aromatic N) is 2. The van der Waals surface area contributed by atoms with Crippen LogP contribution in [0.5, 0.6) is 0 Å². The van der Waals surface area contributed by atoms with Gasteiger partial charge >= 0.3 is 6.09 Å². The van der Waals surface area contributed by atoms with Crippen LogP contribution in [0.2, 0.25) is 0 Å². The average molecular weight is 346 g/mol. The van der Waals surface area contributed by atoms with E-state index >= 15 is 0 Å². The number of carbonyl (C=O) groups excluding carboxylic acids is 2. The predicted octanol–water partition coefficient (Wildman–Crippen LogP) is 1.99. The topological polar surface area (TPSA) is 69.7 Å². The Morgan fingerprint density at radius 3 is 2.44 bits per heavy atom. The number of amides is 2. The summed E-state index contributed by atoms with van der Waals surface area (Å²) in [4.78, 5) is 25.7. The van der Waals surface area contributed by atoms with E-state index < -0.39 is 11.6 Å². The number of hydrogen-bond donors (Lipinski definition) is 0. The first-order valence-electron chi connectivity index (χ1n) is 8.72. The molecule has 2 fully saturated rings. The highest BCUT2D eigenvalue weighted by atomic mass is 16.6. The first-order valence-corrected chi connectivity index (χ1v) is 8.72. The van der Waals surface area contributed by atoms with Crippen LogP contribution in [0.4, 0.5) is 9.59 Å². The highest BCUT2D eigenvalue weighted by Gasteiger charge is 2.64. The second kappa shape index (κ2) is 6.02. The molecule has 0 unspecified atom stereocenters. The smallest absolute Gasteiger partial charge is 0.410 e. The Kier molecular flexibility index (Phi) is 4.27. The minimum atomic E-state index is -1.02. The minimum absolute atomic E-state index is 0.0418. The summed E-state index contributed by atoms with van der Waals surface area (Å²) in [5, 5.41) is 11.7. The fourth-order valence-electron chi connectivity index (χ4n) is 4.14. The first-order chi connectivity index (χ1) is 11.7. The van der Waals surface area contributed by atoms with Gasteiger partial charge in [0, 0.05) is 13.1 Å². The molecule has 0 radical (unpaired) electrons. The van der Waals surface area contributed by atoms with E-state index in [-0.39, 0.29) is 22.6 Å². The third-order valence-electron chi connectivity index (χ3n) is 5.75. The van der Waals surface area contributed by atoms with Gasteiger partial charge in [-0.1, -0.05) is 30.3 Å². The number of hydrogen-bond acceptors (Lipinski definition) is 4. The standard InChI is InChI=1S/C19H26N2O4/c1-18(2,3)21(17(23)24)13-19(14-21)9-10-20(12-19)16(22)25-11-15-7-5-4-6-8-15/h4-8H,9-14H2,1-3H3. The van der Waals surface area contributed by atoms with Crippen molar-refractivity contribution in [2.24, 2.45) is 5.41 Å². The summed E-state index contributed by atoms with van der Waals surface area (Å²) in [6, 6.07) is 9.57. The SMILES string of the molecule is CC(C)(C)[N+]1(C(=O)[O-])CC2(CCN(C(=O)OCc3ccccc3)C2)C1. The molecule has 1 aromatic carbocycles. The van der Waals surface area contributed by atoms with E-state index in [0.717, 1.165) is 12.0 Å². The average Bonchev–Trinajstić information content (AvgIpc) is 2.96. The fraction of sp³-hybridized carbons (Fsp3) is 0.579. The maximum Gasteiger partial charge on any atom is 0.410 e. The third-order valence-corrected chi connectivity index (χ3v) is 5.75. The van der Waals surface area contributed by atoms with Gasteiger partial charge in [-0.15, -0.1) is 0 Å². The van der Waals surface area contributed by atoms with Crippen molar-refractivity contribution < 1.29 is 23.9 Å². The molecule has 3 rings (SSSR count). The summed E-state index contributed by atoms with van der Waals surface area (Å²) in [5.41, 5.74) is 0.415. The van der Waals surface area contributed by atoms with Gasteiger partial charge < -0.3 is 19.5 Å². The zero-order valence-electron chi connectivity index (χ0n) is 15.2.